The second kappa shape index (κ2) is 18.1. The number of carboxylic acid groups (broad SMARTS) is 1. The van der Waals surface area contributed by atoms with Crippen LogP contribution >= 0.6 is 0 Å². The highest BCUT2D eigenvalue weighted by Gasteiger charge is 2.70. The lowest BCUT2D eigenvalue weighted by molar-refractivity contribution is -0.397. The van der Waals surface area contributed by atoms with Crippen molar-refractivity contribution in [2.24, 2.45) is 50.2 Å². The molecule has 8 aliphatic rings. The van der Waals surface area contributed by atoms with E-state index >= 15 is 0 Å². The normalized spacial score (nSPS) is 54.2. The van der Waals surface area contributed by atoms with Gasteiger partial charge in [0.1, 0.15) is 72.9 Å². The minimum Gasteiger partial charge on any atom is -0.479 e. The van der Waals surface area contributed by atoms with Crippen LogP contribution in [0.1, 0.15) is 106 Å². The van der Waals surface area contributed by atoms with Gasteiger partial charge in [0.15, 0.2) is 25.0 Å². The molecule has 19 nitrogen and oxygen atoms in total. The zero-order valence-corrected chi connectivity index (χ0v) is 39.7. The van der Waals surface area contributed by atoms with E-state index in [1.807, 2.05) is 6.92 Å². The summed E-state index contributed by atoms with van der Waals surface area (Å²) in [4.78, 5) is 26.3. The molecule has 382 valence electrons. The van der Waals surface area contributed by atoms with Crippen molar-refractivity contribution in [3.63, 3.8) is 0 Å². The highest BCUT2D eigenvalue weighted by atomic mass is 16.8. The Morgan fingerprint density at radius 2 is 1.25 bits per heavy atom. The standard InChI is InChI=1S/C48H76O19/c1-43(2)16-22-21-8-9-26-45(4)12-11-28(46(5,20-51)25(45)10-13-48(26,7)47(21,6)15-14-44(22,3)27(52)17-43)64-42-38(34(58)33(57)36(65-42)39(60)61)67-41-37(32(56)30(54)24(19-50)63-41)66-40-35(59)31(55)29(53)23(18-49)62-40/h8,22-26,28-38,40-42,49-51,53-59H,9-20H2,1-7H3,(H,60,61)/t22-,23-,24+,25-,26-,28-,29-,30+,31+,32+,33+,34-,35-,36+,37-,38-,40+,41-,42+,44-,45-,46-,47+,48+/m0/s1. The van der Waals surface area contributed by atoms with E-state index in [0.29, 0.717) is 25.0 Å². The first-order valence-corrected chi connectivity index (χ1v) is 24.3. The SMILES string of the molecule is CC1(C)CC(=O)[C@@]2(C)CC[C@]3(C)C(=CC[C@H]4[C@@]5(C)CC[C@H](O[C@@H]6O[C@@H](C(=O)O)[C@H](O)[C@H](O)[C@@H]6O[C@@H]6O[C@H](CO)[C@@H](O)[C@@H](O)[C@@H]6O[C@H]6O[C@@H](CO)[C@H](O)[C@@H](O)[C@@H]6O)[C@@](C)(CO)[C@H]5CC[C@]43C)[C@@H]2C1. The molecule has 3 heterocycles. The number of hydrogen-bond acceptors (Lipinski definition) is 18. The third kappa shape index (κ3) is 8.01. The van der Waals surface area contributed by atoms with Crippen molar-refractivity contribution >= 4 is 11.8 Å². The monoisotopic (exact) mass is 956 g/mol. The van der Waals surface area contributed by atoms with Crippen LogP contribution in [0.4, 0.5) is 0 Å². The van der Waals surface area contributed by atoms with Crippen LogP contribution in [0.3, 0.4) is 0 Å². The van der Waals surface area contributed by atoms with E-state index in [1.165, 1.54) is 5.57 Å². The van der Waals surface area contributed by atoms with Gasteiger partial charge in [-0.25, -0.2) is 4.79 Å². The van der Waals surface area contributed by atoms with Crippen LogP contribution in [0.5, 0.6) is 0 Å². The third-order valence-corrected chi connectivity index (χ3v) is 19.3. The number of carboxylic acids is 1. The van der Waals surface area contributed by atoms with Gasteiger partial charge in [-0.15, -0.1) is 0 Å². The van der Waals surface area contributed by atoms with Crippen molar-refractivity contribution in [1.82, 2.24) is 0 Å². The van der Waals surface area contributed by atoms with Gasteiger partial charge in [-0.05, 0) is 90.8 Å². The van der Waals surface area contributed by atoms with E-state index in [4.69, 9.17) is 28.4 Å². The fraction of sp³-hybridized carbons (Fsp3) is 0.917. The molecule has 19 heteroatoms. The molecule has 8 rings (SSSR count). The number of ether oxygens (including phenoxy) is 6. The number of rotatable bonds is 10. The first-order valence-electron chi connectivity index (χ1n) is 24.3. The minimum absolute atomic E-state index is 0.0909. The Labute approximate surface area is 391 Å². The molecule has 7 fully saturated rings. The molecular weight excluding hydrogens is 881 g/mol. The Morgan fingerprint density at radius 3 is 1.87 bits per heavy atom. The summed E-state index contributed by atoms with van der Waals surface area (Å²) in [6, 6.07) is 0. The number of aliphatic hydroxyl groups is 10. The van der Waals surface area contributed by atoms with Crippen LogP contribution in [0.25, 0.3) is 0 Å². The zero-order valence-electron chi connectivity index (χ0n) is 39.7. The van der Waals surface area contributed by atoms with Gasteiger partial charge >= 0.3 is 5.97 Å². The van der Waals surface area contributed by atoms with Crippen LogP contribution in [0.15, 0.2) is 11.6 Å². The van der Waals surface area contributed by atoms with Gasteiger partial charge in [-0.3, -0.25) is 4.79 Å². The molecule has 5 aliphatic carbocycles. The molecule has 0 spiro atoms. The molecule has 0 aromatic carbocycles. The van der Waals surface area contributed by atoms with Gasteiger partial charge in [-0.2, -0.15) is 0 Å². The average molecular weight is 957 g/mol. The first kappa shape index (κ1) is 51.6. The molecule has 3 aliphatic heterocycles. The zero-order chi connectivity index (χ0) is 49.1. The van der Waals surface area contributed by atoms with Gasteiger partial charge in [-0.1, -0.05) is 60.1 Å². The van der Waals surface area contributed by atoms with Crippen LogP contribution in [-0.4, -0.2) is 186 Å². The quantitative estimate of drug-likeness (QED) is 0.101. The van der Waals surface area contributed by atoms with Gasteiger partial charge in [0.25, 0.3) is 0 Å². The average Bonchev–Trinajstić information content (AvgIpc) is 3.27. The minimum atomic E-state index is -2.10. The Balaban J connectivity index is 1.08. The lowest BCUT2D eigenvalue weighted by Gasteiger charge is -2.71. The van der Waals surface area contributed by atoms with E-state index in [9.17, 15) is 65.8 Å². The molecule has 67 heavy (non-hydrogen) atoms. The molecule has 0 radical (unpaired) electrons. The number of Topliss-reactive ketones (excluding diaryl/α,β-unsaturated/α-hetero) is 1. The second-order valence-corrected chi connectivity index (χ2v) is 23.4. The van der Waals surface area contributed by atoms with Gasteiger partial charge in [0.05, 0.1) is 25.9 Å². The van der Waals surface area contributed by atoms with E-state index < -0.39 is 123 Å². The Hall–Kier alpha value is -1.76. The fourth-order valence-electron chi connectivity index (χ4n) is 14.9. The topological polar surface area (TPSA) is 312 Å². The molecule has 0 bridgehead atoms. The number of fused-ring (bicyclic) bond motifs is 7. The van der Waals surface area contributed by atoms with Crippen molar-refractivity contribution < 1.29 is 94.2 Å². The number of ketones is 1. The lowest BCUT2D eigenvalue weighted by atomic mass is 9.33. The summed E-state index contributed by atoms with van der Waals surface area (Å²) in [7, 11) is 0. The van der Waals surface area contributed by atoms with Crippen molar-refractivity contribution in [3.8, 4) is 0 Å². The van der Waals surface area contributed by atoms with Crippen LogP contribution in [0.2, 0.25) is 0 Å². The molecule has 4 saturated carbocycles. The molecule has 0 aromatic heterocycles. The van der Waals surface area contributed by atoms with Crippen molar-refractivity contribution in [2.45, 2.75) is 204 Å². The molecule has 3 saturated heterocycles. The fourth-order valence-corrected chi connectivity index (χ4v) is 14.9. The third-order valence-electron chi connectivity index (χ3n) is 19.3. The predicted molar refractivity (Wildman–Crippen MR) is 231 cm³/mol. The maximum absolute atomic E-state index is 13.8. The molecule has 0 aromatic rings. The highest BCUT2D eigenvalue weighted by molar-refractivity contribution is 5.87. The van der Waals surface area contributed by atoms with Crippen LogP contribution in [0, 0.1) is 50.2 Å². The van der Waals surface area contributed by atoms with Gasteiger partial charge in [0, 0.05) is 17.3 Å². The van der Waals surface area contributed by atoms with Gasteiger partial charge in [0.2, 0.25) is 0 Å². The molecular formula is C48H76O19. The maximum atomic E-state index is 13.8. The van der Waals surface area contributed by atoms with E-state index in [0.717, 1.165) is 38.5 Å². The molecule has 24 atom stereocenters. The van der Waals surface area contributed by atoms with Gasteiger partial charge < -0.3 is 84.6 Å². The Morgan fingerprint density at radius 1 is 0.672 bits per heavy atom. The summed E-state index contributed by atoms with van der Waals surface area (Å²) >= 11 is 0. The lowest BCUT2D eigenvalue weighted by Crippen LogP contribution is -2.68. The summed E-state index contributed by atoms with van der Waals surface area (Å²) in [5, 5.41) is 118. The summed E-state index contributed by atoms with van der Waals surface area (Å²) in [5.41, 5.74) is -0.597. The number of hydrogen-bond donors (Lipinski definition) is 11. The number of carbonyl (C=O) groups is 2. The van der Waals surface area contributed by atoms with E-state index in [2.05, 4.69) is 47.6 Å². The number of carbonyl (C=O) groups excluding carboxylic acids is 1. The number of allylic oxidation sites excluding steroid dienone is 2. The summed E-state index contributed by atoms with van der Waals surface area (Å²) in [5.74, 6) is -0.996. The number of aliphatic hydroxyl groups excluding tert-OH is 10. The largest absolute Gasteiger partial charge is 0.479 e. The van der Waals surface area contributed by atoms with Crippen molar-refractivity contribution in [1.29, 1.82) is 0 Å². The summed E-state index contributed by atoms with van der Waals surface area (Å²) in [6.07, 6.45) is -19.5. The first-order chi connectivity index (χ1) is 31.3. The second-order valence-electron chi connectivity index (χ2n) is 23.4. The van der Waals surface area contributed by atoms with Crippen LogP contribution < -0.4 is 0 Å². The summed E-state index contributed by atoms with van der Waals surface area (Å²) in [6.45, 7) is 13.7. The Kier molecular flexibility index (Phi) is 13.9. The predicted octanol–water partition coefficient (Wildman–Crippen LogP) is -0.115. The molecule has 11 N–H and O–H groups in total. The van der Waals surface area contributed by atoms with Crippen molar-refractivity contribution in [2.75, 3.05) is 19.8 Å². The molecule has 0 unspecified atom stereocenters. The highest BCUT2D eigenvalue weighted by Crippen LogP contribution is 2.75. The van der Waals surface area contributed by atoms with E-state index in [1.54, 1.807) is 0 Å². The van der Waals surface area contributed by atoms with E-state index in [-0.39, 0.29) is 51.4 Å². The molecule has 0 amide bonds. The smallest absolute Gasteiger partial charge is 0.335 e. The van der Waals surface area contributed by atoms with Crippen LogP contribution in [-0.2, 0) is 38.0 Å². The number of aliphatic carboxylic acids is 1. The Bertz CT molecular complexity index is 1880. The summed E-state index contributed by atoms with van der Waals surface area (Å²) < 4.78 is 35.9. The maximum Gasteiger partial charge on any atom is 0.335 e. The van der Waals surface area contributed by atoms with Crippen molar-refractivity contribution in [3.05, 3.63) is 11.6 Å².